The molecule has 0 aliphatic heterocycles. The van der Waals surface area contributed by atoms with Gasteiger partial charge in [0, 0.05) is 12.2 Å². The zero-order chi connectivity index (χ0) is 16.2. The minimum Gasteiger partial charge on any atom is -0.385 e. The standard InChI is InChI=1S/C16H17N3O4/c1-2-11-5-7-12(8-6-11)17-9-3-4-13-10-19-16(18-13)22-14(20)15(21)23-19/h5-8,10,17H,2-4,9H2,1H3. The predicted octanol–water partition coefficient (Wildman–Crippen LogP) is 1.85. The molecule has 7 heteroatoms. The molecule has 3 aromatic rings. The van der Waals surface area contributed by atoms with Gasteiger partial charge < -0.3 is 14.3 Å². The molecule has 2 aromatic heterocycles. The Morgan fingerprint density at radius 1 is 1.17 bits per heavy atom. The van der Waals surface area contributed by atoms with Crippen molar-refractivity contribution in [1.82, 2.24) is 9.56 Å². The fourth-order valence-corrected chi connectivity index (χ4v) is 2.26. The van der Waals surface area contributed by atoms with Gasteiger partial charge >= 0.3 is 17.1 Å². The SMILES string of the molecule is CCc1ccc(NCCCc2cn3oc(=O)c(=O)oc3n2)cc1. The molecule has 0 atom stereocenters. The van der Waals surface area contributed by atoms with E-state index < -0.39 is 11.3 Å². The van der Waals surface area contributed by atoms with E-state index in [-0.39, 0.29) is 5.84 Å². The van der Waals surface area contributed by atoms with Crippen LogP contribution in [0.25, 0.3) is 5.84 Å². The second-order valence-corrected chi connectivity index (χ2v) is 5.19. The monoisotopic (exact) mass is 315 g/mol. The van der Waals surface area contributed by atoms with Gasteiger partial charge in [0.15, 0.2) is 0 Å². The van der Waals surface area contributed by atoms with E-state index in [0.717, 1.165) is 29.6 Å². The van der Waals surface area contributed by atoms with Gasteiger partial charge in [0.05, 0.1) is 11.9 Å². The smallest absolute Gasteiger partial charge is 0.385 e. The maximum Gasteiger partial charge on any atom is 0.442 e. The van der Waals surface area contributed by atoms with E-state index in [0.29, 0.717) is 12.1 Å². The third kappa shape index (κ3) is 3.50. The van der Waals surface area contributed by atoms with Gasteiger partial charge in [-0.15, -0.1) is 4.57 Å². The van der Waals surface area contributed by atoms with Gasteiger partial charge in [0.1, 0.15) is 0 Å². The van der Waals surface area contributed by atoms with E-state index in [1.807, 2.05) is 0 Å². The van der Waals surface area contributed by atoms with Crippen LogP contribution in [0.5, 0.6) is 0 Å². The van der Waals surface area contributed by atoms with Crippen molar-refractivity contribution >= 4 is 11.5 Å². The van der Waals surface area contributed by atoms with E-state index in [1.54, 1.807) is 6.20 Å². The molecule has 23 heavy (non-hydrogen) atoms. The fourth-order valence-electron chi connectivity index (χ4n) is 2.26. The minimum atomic E-state index is -1.05. The van der Waals surface area contributed by atoms with Crippen molar-refractivity contribution in [2.24, 2.45) is 0 Å². The summed E-state index contributed by atoms with van der Waals surface area (Å²) in [6, 6.07) is 8.34. The Hall–Kier alpha value is -2.83. The third-order valence-electron chi connectivity index (χ3n) is 3.53. The second kappa shape index (κ2) is 6.51. The van der Waals surface area contributed by atoms with Crippen molar-refractivity contribution in [1.29, 1.82) is 0 Å². The number of benzene rings is 1. The van der Waals surface area contributed by atoms with E-state index in [1.165, 1.54) is 5.56 Å². The van der Waals surface area contributed by atoms with Gasteiger partial charge in [-0.05, 0) is 37.0 Å². The molecule has 1 aromatic carbocycles. The number of aromatic nitrogens is 2. The molecule has 120 valence electrons. The second-order valence-electron chi connectivity index (χ2n) is 5.19. The van der Waals surface area contributed by atoms with Crippen molar-refractivity contribution in [3.8, 4) is 0 Å². The van der Waals surface area contributed by atoms with E-state index in [9.17, 15) is 9.59 Å². The number of fused-ring (bicyclic) bond motifs is 1. The van der Waals surface area contributed by atoms with Gasteiger partial charge in [-0.25, -0.2) is 9.59 Å². The molecule has 0 saturated heterocycles. The van der Waals surface area contributed by atoms with Gasteiger partial charge in [-0.3, -0.25) is 0 Å². The van der Waals surface area contributed by atoms with Crippen LogP contribution in [0.3, 0.4) is 0 Å². The molecule has 1 N–H and O–H groups in total. The fraction of sp³-hybridized carbons (Fsp3) is 0.312. The van der Waals surface area contributed by atoms with Crippen LogP contribution >= 0.6 is 0 Å². The lowest BCUT2D eigenvalue weighted by Gasteiger charge is -2.06. The van der Waals surface area contributed by atoms with Crippen molar-refractivity contribution in [3.63, 3.8) is 0 Å². The highest BCUT2D eigenvalue weighted by atomic mass is 16.6. The maximum absolute atomic E-state index is 11.1. The number of nitrogens with zero attached hydrogens (tertiary/aromatic N) is 2. The molecular weight excluding hydrogens is 298 g/mol. The number of imidazole rings is 1. The summed E-state index contributed by atoms with van der Waals surface area (Å²) < 4.78 is 10.6. The normalized spacial score (nSPS) is 11.0. The van der Waals surface area contributed by atoms with Crippen molar-refractivity contribution < 1.29 is 8.94 Å². The van der Waals surface area contributed by atoms with Gasteiger partial charge in [0.2, 0.25) is 0 Å². The molecular formula is C16H17N3O4. The molecule has 2 heterocycles. The van der Waals surface area contributed by atoms with Crippen LogP contribution in [0, 0.1) is 0 Å². The van der Waals surface area contributed by atoms with Crippen LogP contribution in [0.4, 0.5) is 5.69 Å². The first-order chi connectivity index (χ1) is 11.2. The Morgan fingerprint density at radius 2 is 1.96 bits per heavy atom. The molecule has 7 nitrogen and oxygen atoms in total. The lowest BCUT2D eigenvalue weighted by Crippen LogP contribution is -2.22. The highest BCUT2D eigenvalue weighted by Gasteiger charge is 2.08. The molecule has 0 radical (unpaired) electrons. The molecule has 0 amide bonds. The minimum absolute atomic E-state index is 0.00675. The average Bonchev–Trinajstić information content (AvgIpc) is 2.94. The number of anilines is 1. The molecule has 0 bridgehead atoms. The van der Waals surface area contributed by atoms with Crippen LogP contribution in [0.15, 0.2) is 49.0 Å². The summed E-state index contributed by atoms with van der Waals surface area (Å²) in [5.41, 5.74) is 0.994. The van der Waals surface area contributed by atoms with Gasteiger partial charge in [-0.2, -0.15) is 4.98 Å². The topological polar surface area (TPSA) is 89.8 Å². The first-order valence-electron chi connectivity index (χ1n) is 7.51. The molecule has 0 saturated carbocycles. The third-order valence-corrected chi connectivity index (χ3v) is 3.53. The number of aryl methyl sites for hydroxylation is 2. The summed E-state index contributed by atoms with van der Waals surface area (Å²) in [6.07, 6.45) is 4.10. The van der Waals surface area contributed by atoms with E-state index in [4.69, 9.17) is 8.94 Å². The Balaban J connectivity index is 1.56. The van der Waals surface area contributed by atoms with Gasteiger partial charge in [-0.1, -0.05) is 19.1 Å². The molecule has 0 fully saturated rings. The van der Waals surface area contributed by atoms with Crippen molar-refractivity contribution in [2.75, 3.05) is 11.9 Å². The largest absolute Gasteiger partial charge is 0.442 e. The quantitative estimate of drug-likeness (QED) is 0.551. The Labute approximate surface area is 131 Å². The Bertz CT molecular complexity index is 858. The van der Waals surface area contributed by atoms with Crippen LogP contribution in [0.1, 0.15) is 24.6 Å². The van der Waals surface area contributed by atoms with Crippen molar-refractivity contribution in [3.05, 3.63) is 62.6 Å². The van der Waals surface area contributed by atoms with Gasteiger partial charge in [0.25, 0.3) is 0 Å². The first-order valence-corrected chi connectivity index (χ1v) is 7.51. The maximum atomic E-state index is 11.1. The molecule has 0 unspecified atom stereocenters. The summed E-state index contributed by atoms with van der Waals surface area (Å²) in [7, 11) is 0. The average molecular weight is 315 g/mol. The Kier molecular flexibility index (Phi) is 4.27. The molecule has 0 aliphatic carbocycles. The summed E-state index contributed by atoms with van der Waals surface area (Å²) in [5, 5.41) is 3.34. The lowest BCUT2D eigenvalue weighted by molar-refractivity contribution is 0.275. The number of hydrogen-bond acceptors (Lipinski definition) is 6. The van der Waals surface area contributed by atoms with E-state index >= 15 is 0 Å². The molecule has 3 rings (SSSR count). The van der Waals surface area contributed by atoms with E-state index in [2.05, 4.69) is 41.5 Å². The van der Waals surface area contributed by atoms with Crippen LogP contribution < -0.4 is 16.6 Å². The summed E-state index contributed by atoms with van der Waals surface area (Å²) in [5.74, 6) is -0.00675. The van der Waals surface area contributed by atoms with Crippen LogP contribution in [-0.2, 0) is 12.8 Å². The number of rotatable bonds is 6. The first kappa shape index (κ1) is 15.1. The van der Waals surface area contributed by atoms with Crippen molar-refractivity contribution in [2.45, 2.75) is 26.2 Å². The molecule has 0 spiro atoms. The Morgan fingerprint density at radius 3 is 2.70 bits per heavy atom. The zero-order valence-corrected chi connectivity index (χ0v) is 12.7. The lowest BCUT2D eigenvalue weighted by atomic mass is 10.1. The number of nitrogens with one attached hydrogen (secondary N) is 1. The van der Waals surface area contributed by atoms with Crippen LogP contribution in [0.2, 0.25) is 0 Å². The molecule has 0 aliphatic rings. The summed E-state index contributed by atoms with van der Waals surface area (Å²) >= 11 is 0. The summed E-state index contributed by atoms with van der Waals surface area (Å²) in [6.45, 7) is 2.91. The highest BCUT2D eigenvalue weighted by Crippen LogP contribution is 2.10. The highest BCUT2D eigenvalue weighted by molar-refractivity contribution is 5.44. The zero-order valence-electron chi connectivity index (χ0n) is 12.7. The summed E-state index contributed by atoms with van der Waals surface area (Å²) in [4.78, 5) is 26.3. The predicted molar refractivity (Wildman–Crippen MR) is 84.9 cm³/mol. The number of hydrogen-bond donors (Lipinski definition) is 1. The van der Waals surface area contributed by atoms with Crippen LogP contribution in [-0.4, -0.2) is 16.1 Å².